The molecule has 0 aromatic carbocycles. The van der Waals surface area contributed by atoms with Gasteiger partial charge in [0.25, 0.3) is 0 Å². The van der Waals surface area contributed by atoms with E-state index in [4.69, 9.17) is 11.5 Å². The Morgan fingerprint density at radius 3 is 1.07 bits per heavy atom. The molecule has 0 aromatic heterocycles. The van der Waals surface area contributed by atoms with E-state index in [9.17, 15) is 19.2 Å². The van der Waals surface area contributed by atoms with Gasteiger partial charge in [-0.3, -0.25) is 9.59 Å². The molecule has 8 nitrogen and oxygen atoms in total. The normalized spacial score (nSPS) is 9.00. The van der Waals surface area contributed by atoms with E-state index in [1.807, 2.05) is 0 Å². The molecule has 0 atom stereocenters. The molecule has 78 valence electrons. The van der Waals surface area contributed by atoms with E-state index in [1.165, 1.54) is 0 Å². The average Bonchev–Trinajstić information content (AvgIpc) is 1.96. The predicted octanol–water partition coefficient (Wildman–Crippen LogP) is -1.24. The van der Waals surface area contributed by atoms with Crippen molar-refractivity contribution in [3.63, 3.8) is 0 Å². The number of hydrogen-bond acceptors (Lipinski definition) is 4. The van der Waals surface area contributed by atoms with Crippen molar-refractivity contribution in [3.8, 4) is 0 Å². The zero-order valence-electron chi connectivity index (χ0n) is 7.68. The minimum atomic E-state index is -1.26. The molecule has 0 heterocycles. The number of primary amides is 2. The van der Waals surface area contributed by atoms with Gasteiger partial charge in [-0.2, -0.15) is 10.0 Å². The van der Waals surface area contributed by atoms with E-state index in [0.717, 1.165) is 13.8 Å². The summed E-state index contributed by atoms with van der Waals surface area (Å²) in [6.07, 6.45) is 0. The molecule has 0 saturated heterocycles. The second-order valence-electron chi connectivity index (χ2n) is 2.34. The van der Waals surface area contributed by atoms with Crippen molar-refractivity contribution in [2.45, 2.75) is 13.8 Å². The van der Waals surface area contributed by atoms with Crippen LogP contribution in [0.3, 0.4) is 0 Å². The lowest BCUT2D eigenvalue weighted by Crippen LogP contribution is -2.57. The Balaban J connectivity index is 5.13. The summed E-state index contributed by atoms with van der Waals surface area (Å²) in [5.74, 6) is -1.77. The smallest absolute Gasteiger partial charge is 0.341 e. The fraction of sp³-hybridized carbons (Fsp3) is 0.333. The number of urea groups is 2. The van der Waals surface area contributed by atoms with Crippen LogP contribution in [0.5, 0.6) is 0 Å². The molecule has 8 heteroatoms. The summed E-state index contributed by atoms with van der Waals surface area (Å²) in [6, 6.07) is -2.52. The van der Waals surface area contributed by atoms with Gasteiger partial charge in [0, 0.05) is 13.8 Å². The molecule has 0 rings (SSSR count). The van der Waals surface area contributed by atoms with E-state index in [0.29, 0.717) is 0 Å². The van der Waals surface area contributed by atoms with E-state index in [-0.39, 0.29) is 10.0 Å². The minimum Gasteiger partial charge on any atom is -0.350 e. The van der Waals surface area contributed by atoms with Gasteiger partial charge in [0.15, 0.2) is 0 Å². The summed E-state index contributed by atoms with van der Waals surface area (Å²) >= 11 is 0. The Morgan fingerprint density at radius 1 is 0.786 bits per heavy atom. The molecule has 0 aliphatic carbocycles. The van der Waals surface area contributed by atoms with Crippen LogP contribution in [0.4, 0.5) is 9.59 Å². The van der Waals surface area contributed by atoms with Gasteiger partial charge < -0.3 is 11.5 Å². The van der Waals surface area contributed by atoms with Gasteiger partial charge in [-0.25, -0.2) is 9.59 Å². The number of imide groups is 2. The summed E-state index contributed by atoms with van der Waals surface area (Å²) in [5.41, 5.74) is 9.56. The quantitative estimate of drug-likeness (QED) is 0.476. The number of nitrogens with two attached hydrogens (primary N) is 2. The lowest BCUT2D eigenvalue weighted by molar-refractivity contribution is -0.148. The van der Waals surface area contributed by atoms with Crippen molar-refractivity contribution in [1.29, 1.82) is 0 Å². The van der Waals surface area contributed by atoms with Crippen LogP contribution in [0.15, 0.2) is 0 Å². The number of rotatable bonds is 0. The molecule has 0 fully saturated rings. The number of carbonyl (C=O) groups is 4. The highest BCUT2D eigenvalue weighted by Crippen LogP contribution is 1.99. The third-order valence-corrected chi connectivity index (χ3v) is 1.21. The topological polar surface area (TPSA) is 127 Å². The largest absolute Gasteiger partial charge is 0.350 e. The monoisotopic (exact) mass is 202 g/mol. The average molecular weight is 202 g/mol. The first-order valence-corrected chi connectivity index (χ1v) is 3.49. The van der Waals surface area contributed by atoms with Gasteiger partial charge >= 0.3 is 12.1 Å². The third-order valence-electron chi connectivity index (χ3n) is 1.21. The molecule has 0 spiro atoms. The Morgan fingerprint density at radius 2 is 1.00 bits per heavy atom. The van der Waals surface area contributed by atoms with E-state index in [2.05, 4.69) is 0 Å². The summed E-state index contributed by atoms with van der Waals surface area (Å²) in [6.45, 7) is 1.92. The zero-order chi connectivity index (χ0) is 11.5. The van der Waals surface area contributed by atoms with Crippen LogP contribution in [0, 0.1) is 0 Å². The second-order valence-corrected chi connectivity index (χ2v) is 2.34. The maximum atomic E-state index is 10.9. The lowest BCUT2D eigenvalue weighted by atomic mass is 10.6. The van der Waals surface area contributed by atoms with Crippen LogP contribution in [-0.4, -0.2) is 33.9 Å². The fourth-order valence-electron chi connectivity index (χ4n) is 0.789. The molecular weight excluding hydrogens is 192 g/mol. The van der Waals surface area contributed by atoms with Gasteiger partial charge in [0.1, 0.15) is 0 Å². The highest BCUT2D eigenvalue weighted by Gasteiger charge is 2.29. The Kier molecular flexibility index (Phi) is 3.57. The summed E-state index contributed by atoms with van der Waals surface area (Å²) in [4.78, 5) is 43.2. The SMILES string of the molecule is CC(=O)N(C(N)=O)N(C(C)=O)C(N)=O. The number of carbonyl (C=O) groups excluding carboxylic acids is 4. The highest BCUT2D eigenvalue weighted by molar-refractivity contribution is 6.01. The minimum absolute atomic E-state index is 0.157. The number of amides is 6. The zero-order valence-corrected chi connectivity index (χ0v) is 7.68. The van der Waals surface area contributed by atoms with Crippen molar-refractivity contribution in [2.24, 2.45) is 11.5 Å². The summed E-state index contributed by atoms with van der Waals surface area (Å²) in [7, 11) is 0. The number of nitrogens with zero attached hydrogens (tertiary/aromatic N) is 2. The molecular formula is C6H10N4O4. The third kappa shape index (κ3) is 2.44. The van der Waals surface area contributed by atoms with Crippen LogP contribution in [0.1, 0.15) is 13.8 Å². The van der Waals surface area contributed by atoms with Gasteiger partial charge in [0.05, 0.1) is 0 Å². The molecule has 14 heavy (non-hydrogen) atoms. The number of hydrogen-bond donors (Lipinski definition) is 2. The lowest BCUT2D eigenvalue weighted by Gasteiger charge is -2.26. The molecule has 0 aliphatic heterocycles. The van der Waals surface area contributed by atoms with Gasteiger partial charge in [-0.1, -0.05) is 0 Å². The van der Waals surface area contributed by atoms with E-state index < -0.39 is 23.9 Å². The van der Waals surface area contributed by atoms with Crippen molar-refractivity contribution in [1.82, 2.24) is 10.0 Å². The maximum Gasteiger partial charge on any atom is 0.341 e. The first kappa shape index (κ1) is 11.9. The van der Waals surface area contributed by atoms with Crippen molar-refractivity contribution in [3.05, 3.63) is 0 Å². The van der Waals surface area contributed by atoms with Crippen molar-refractivity contribution >= 4 is 23.9 Å². The van der Waals surface area contributed by atoms with Crippen LogP contribution in [0.2, 0.25) is 0 Å². The molecule has 0 saturated carbocycles. The maximum absolute atomic E-state index is 10.9. The molecule has 0 aliphatic rings. The Labute approximate surface area is 79.4 Å². The molecule has 0 bridgehead atoms. The number of hydrazine groups is 1. The Hall–Kier alpha value is -2.12. The molecule has 0 aromatic rings. The summed E-state index contributed by atoms with van der Waals surface area (Å²) < 4.78 is 0. The fourth-order valence-corrected chi connectivity index (χ4v) is 0.789. The van der Waals surface area contributed by atoms with Crippen LogP contribution in [-0.2, 0) is 9.59 Å². The van der Waals surface area contributed by atoms with E-state index in [1.54, 1.807) is 0 Å². The molecule has 4 N–H and O–H groups in total. The van der Waals surface area contributed by atoms with E-state index >= 15 is 0 Å². The molecule has 0 radical (unpaired) electrons. The standard InChI is InChI=1S/C6H10N4O4/c1-3(11)9(5(7)13)10(4(2)12)6(8)14/h1-2H3,(H2,7,13)(H2,8,14). The molecule has 6 amide bonds. The first-order valence-electron chi connectivity index (χ1n) is 3.49. The van der Waals surface area contributed by atoms with Gasteiger partial charge in [-0.05, 0) is 0 Å². The molecule has 0 unspecified atom stereocenters. The predicted molar refractivity (Wildman–Crippen MR) is 44.2 cm³/mol. The Bertz CT molecular complexity index is 242. The first-order chi connectivity index (χ1) is 6.29. The summed E-state index contributed by atoms with van der Waals surface area (Å²) in [5, 5.41) is 0.315. The van der Waals surface area contributed by atoms with Gasteiger partial charge in [-0.15, -0.1) is 0 Å². The second kappa shape index (κ2) is 4.21. The van der Waals surface area contributed by atoms with Crippen LogP contribution < -0.4 is 11.5 Å². The van der Waals surface area contributed by atoms with Crippen LogP contribution in [0.25, 0.3) is 0 Å². The van der Waals surface area contributed by atoms with Gasteiger partial charge in [0.2, 0.25) is 11.8 Å². The van der Waals surface area contributed by atoms with Crippen molar-refractivity contribution < 1.29 is 19.2 Å². The van der Waals surface area contributed by atoms with Crippen molar-refractivity contribution in [2.75, 3.05) is 0 Å². The highest BCUT2D eigenvalue weighted by atomic mass is 16.2. The van der Waals surface area contributed by atoms with Crippen LogP contribution >= 0.6 is 0 Å².